The van der Waals surface area contributed by atoms with Gasteiger partial charge >= 0.3 is 5.97 Å². The Kier molecular flexibility index (Phi) is 16.7. The van der Waals surface area contributed by atoms with Gasteiger partial charge in [-0.2, -0.15) is 11.8 Å². The molecule has 0 aliphatic carbocycles. The van der Waals surface area contributed by atoms with Crippen LogP contribution in [0.15, 0.2) is 4.99 Å². The minimum Gasteiger partial charge on any atom is -0.480 e. The van der Waals surface area contributed by atoms with Gasteiger partial charge in [0.1, 0.15) is 18.1 Å². The molecule has 0 bridgehead atoms. The van der Waals surface area contributed by atoms with Gasteiger partial charge in [-0.15, -0.1) is 0 Å². The van der Waals surface area contributed by atoms with Gasteiger partial charge in [-0.05, 0) is 50.0 Å². The molecule has 15 heteroatoms. The van der Waals surface area contributed by atoms with Crippen molar-refractivity contribution in [3.05, 3.63) is 0 Å². The third kappa shape index (κ3) is 15.6. The molecule has 0 heterocycles. The minimum atomic E-state index is -1.19. The molecule has 12 N–H and O–H groups in total. The summed E-state index contributed by atoms with van der Waals surface area (Å²) in [5.41, 5.74) is 21.6. The van der Waals surface area contributed by atoms with Crippen molar-refractivity contribution in [2.75, 3.05) is 18.6 Å². The first-order valence-electron chi connectivity index (χ1n) is 12.0. The van der Waals surface area contributed by atoms with Crippen LogP contribution < -0.4 is 38.9 Å². The first-order valence-corrected chi connectivity index (χ1v) is 13.4. The van der Waals surface area contributed by atoms with Crippen LogP contribution in [0.2, 0.25) is 0 Å². The molecular weight excluding hydrogens is 504 g/mol. The fraction of sp³-hybridized carbons (Fsp3) is 0.727. The van der Waals surface area contributed by atoms with Gasteiger partial charge in [0.25, 0.3) is 0 Å². The number of carboxylic acid groups (broad SMARTS) is 1. The number of rotatable bonds is 19. The van der Waals surface area contributed by atoms with E-state index in [4.69, 9.17) is 22.9 Å². The number of guanidine groups is 1. The third-order valence-electron chi connectivity index (χ3n) is 5.18. The third-order valence-corrected chi connectivity index (χ3v) is 5.83. The van der Waals surface area contributed by atoms with Crippen LogP contribution in [0.4, 0.5) is 0 Å². The van der Waals surface area contributed by atoms with E-state index >= 15 is 0 Å². The number of carboxylic acids is 1. The van der Waals surface area contributed by atoms with Crippen LogP contribution in [0.3, 0.4) is 0 Å². The lowest BCUT2D eigenvalue weighted by molar-refractivity contribution is -0.142. The van der Waals surface area contributed by atoms with Gasteiger partial charge in [-0.3, -0.25) is 24.2 Å². The van der Waals surface area contributed by atoms with Crippen LogP contribution >= 0.6 is 11.8 Å². The summed E-state index contributed by atoms with van der Waals surface area (Å²) in [4.78, 5) is 65.1. The maximum Gasteiger partial charge on any atom is 0.326 e. The van der Waals surface area contributed by atoms with Crippen molar-refractivity contribution in [2.24, 2.45) is 33.8 Å². The lowest BCUT2D eigenvalue weighted by atomic mass is 10.0. The number of hydrogen-bond donors (Lipinski definition) is 8. The topological polar surface area (TPSA) is 258 Å². The molecule has 0 fully saturated rings. The second-order valence-electron chi connectivity index (χ2n) is 8.99. The summed E-state index contributed by atoms with van der Waals surface area (Å²) in [5, 5.41) is 17.1. The van der Waals surface area contributed by atoms with Crippen LogP contribution in [0.5, 0.6) is 0 Å². The van der Waals surface area contributed by atoms with Crippen LogP contribution in [0, 0.1) is 5.92 Å². The van der Waals surface area contributed by atoms with Crippen molar-refractivity contribution in [1.29, 1.82) is 0 Å². The van der Waals surface area contributed by atoms with E-state index in [1.54, 1.807) is 0 Å². The highest BCUT2D eigenvalue weighted by Crippen LogP contribution is 2.09. The van der Waals surface area contributed by atoms with Gasteiger partial charge in [0.05, 0.1) is 6.04 Å². The van der Waals surface area contributed by atoms with E-state index < -0.39 is 53.8 Å². The molecule has 4 atom stereocenters. The maximum atomic E-state index is 13.1. The molecule has 0 aliphatic rings. The monoisotopic (exact) mass is 546 g/mol. The quantitative estimate of drug-likeness (QED) is 0.0500. The van der Waals surface area contributed by atoms with E-state index in [1.807, 2.05) is 20.1 Å². The molecule has 0 saturated heterocycles. The van der Waals surface area contributed by atoms with Gasteiger partial charge in [0, 0.05) is 13.0 Å². The van der Waals surface area contributed by atoms with E-state index in [-0.39, 0.29) is 50.5 Å². The molecule has 0 aliphatic heterocycles. The van der Waals surface area contributed by atoms with Gasteiger partial charge in [0.2, 0.25) is 23.6 Å². The summed E-state index contributed by atoms with van der Waals surface area (Å²) in [6.45, 7) is 3.89. The summed E-state index contributed by atoms with van der Waals surface area (Å²) in [7, 11) is 0. The Hall–Kier alpha value is -3.07. The largest absolute Gasteiger partial charge is 0.480 e. The molecular formula is C22H42N8O6S. The zero-order chi connectivity index (χ0) is 28.5. The lowest BCUT2D eigenvalue weighted by Crippen LogP contribution is -2.57. The minimum absolute atomic E-state index is 0.00466. The van der Waals surface area contributed by atoms with E-state index in [0.717, 1.165) is 0 Å². The Balaban J connectivity index is 5.59. The standard InChI is InChI=1S/C22H42N8O6S/c1-12(2)11-16(30-18(32)13(23)6-7-17(24)31)20(34)28-14(5-4-9-27-22(25)26)19(33)29-15(21(35)36)8-10-37-3/h12-16H,4-11,23H2,1-3H3,(H2,24,31)(H,28,34)(H,29,33)(H,30,32)(H,35,36)(H4,25,26,27). The van der Waals surface area contributed by atoms with Crippen molar-refractivity contribution in [1.82, 2.24) is 16.0 Å². The van der Waals surface area contributed by atoms with Gasteiger partial charge in [-0.25, -0.2) is 4.79 Å². The van der Waals surface area contributed by atoms with Crippen molar-refractivity contribution in [3.63, 3.8) is 0 Å². The Labute approximate surface area is 221 Å². The SMILES string of the molecule is CSCCC(NC(=O)C(CCCN=C(N)N)NC(=O)C(CC(C)C)NC(=O)C(N)CCC(N)=O)C(=O)O. The lowest BCUT2D eigenvalue weighted by Gasteiger charge is -2.26. The maximum absolute atomic E-state index is 13.1. The second-order valence-corrected chi connectivity index (χ2v) is 9.98. The summed E-state index contributed by atoms with van der Waals surface area (Å²) in [6, 6.07) is -4.31. The molecule has 0 aromatic carbocycles. The first-order chi connectivity index (χ1) is 17.3. The number of nitrogens with two attached hydrogens (primary N) is 4. The molecule has 0 aromatic heterocycles. The molecule has 0 rings (SSSR count). The number of hydrogen-bond acceptors (Lipinski definition) is 8. The number of aliphatic imine (C=N–C) groups is 1. The predicted octanol–water partition coefficient (Wildman–Crippen LogP) is -2.03. The first kappa shape index (κ1) is 33.9. The van der Waals surface area contributed by atoms with Crippen molar-refractivity contribution in [3.8, 4) is 0 Å². The van der Waals surface area contributed by atoms with E-state index in [9.17, 15) is 29.1 Å². The zero-order valence-electron chi connectivity index (χ0n) is 21.7. The Bertz CT molecular complexity index is 806. The van der Waals surface area contributed by atoms with Gasteiger partial charge in [0.15, 0.2) is 5.96 Å². The molecule has 0 saturated carbocycles. The number of nitrogens with one attached hydrogen (secondary N) is 3. The van der Waals surface area contributed by atoms with Crippen molar-refractivity contribution >= 4 is 47.3 Å². The number of primary amides is 1. The van der Waals surface area contributed by atoms with Crippen LogP contribution in [-0.4, -0.2) is 83.4 Å². The number of nitrogens with zero attached hydrogens (tertiary/aromatic N) is 1. The molecule has 4 amide bonds. The molecule has 4 unspecified atom stereocenters. The van der Waals surface area contributed by atoms with Gasteiger partial charge < -0.3 is 44.0 Å². The normalized spacial score (nSPS) is 14.1. The number of carbonyl (C=O) groups is 5. The predicted molar refractivity (Wildman–Crippen MR) is 142 cm³/mol. The molecule has 0 aromatic rings. The van der Waals surface area contributed by atoms with Crippen LogP contribution in [-0.2, 0) is 24.0 Å². The molecule has 212 valence electrons. The van der Waals surface area contributed by atoms with Crippen LogP contribution in [0.1, 0.15) is 52.4 Å². The number of carbonyl (C=O) groups excluding carboxylic acids is 4. The highest BCUT2D eigenvalue weighted by Gasteiger charge is 2.30. The average molecular weight is 547 g/mol. The second kappa shape index (κ2) is 18.2. The molecule has 37 heavy (non-hydrogen) atoms. The Morgan fingerprint density at radius 3 is 1.95 bits per heavy atom. The molecule has 14 nitrogen and oxygen atoms in total. The number of aliphatic carboxylic acids is 1. The zero-order valence-corrected chi connectivity index (χ0v) is 22.5. The van der Waals surface area contributed by atoms with Crippen LogP contribution in [0.25, 0.3) is 0 Å². The summed E-state index contributed by atoms with van der Waals surface area (Å²) in [5.74, 6) is -3.37. The highest BCUT2D eigenvalue weighted by atomic mass is 32.2. The van der Waals surface area contributed by atoms with E-state index in [0.29, 0.717) is 12.2 Å². The molecule has 0 radical (unpaired) electrons. The van der Waals surface area contributed by atoms with E-state index in [2.05, 4.69) is 20.9 Å². The van der Waals surface area contributed by atoms with Crippen molar-refractivity contribution in [2.45, 2.75) is 76.5 Å². The smallest absolute Gasteiger partial charge is 0.326 e. The Morgan fingerprint density at radius 1 is 0.865 bits per heavy atom. The molecule has 0 spiro atoms. The fourth-order valence-corrected chi connectivity index (χ4v) is 3.69. The van der Waals surface area contributed by atoms with Gasteiger partial charge in [-0.1, -0.05) is 13.8 Å². The number of thioether (sulfide) groups is 1. The summed E-state index contributed by atoms with van der Waals surface area (Å²) < 4.78 is 0. The Morgan fingerprint density at radius 2 is 1.43 bits per heavy atom. The average Bonchev–Trinajstić information content (AvgIpc) is 2.80. The highest BCUT2D eigenvalue weighted by molar-refractivity contribution is 7.98. The summed E-state index contributed by atoms with van der Waals surface area (Å²) in [6.07, 6.45) is 2.62. The van der Waals surface area contributed by atoms with E-state index in [1.165, 1.54) is 11.8 Å². The summed E-state index contributed by atoms with van der Waals surface area (Å²) >= 11 is 1.44. The van der Waals surface area contributed by atoms with Crippen molar-refractivity contribution < 1.29 is 29.1 Å². The fourth-order valence-electron chi connectivity index (χ4n) is 3.22. The number of amides is 4.